The van der Waals surface area contributed by atoms with Crippen LogP contribution < -0.4 is 0 Å². The Kier molecular flexibility index (Phi) is 5.03. The maximum atomic E-state index is 5.84. The highest BCUT2D eigenvalue weighted by Gasteiger charge is 2.15. The molecule has 0 N–H and O–H groups in total. The quantitative estimate of drug-likeness (QED) is 0.706. The number of aryl methyl sites for hydroxylation is 2. The highest BCUT2D eigenvalue weighted by Crippen LogP contribution is 2.33. The van der Waals surface area contributed by atoms with Crippen molar-refractivity contribution in [2.24, 2.45) is 0 Å². The molecule has 2 aromatic rings. The van der Waals surface area contributed by atoms with E-state index in [1.54, 1.807) is 0 Å². The lowest BCUT2D eigenvalue weighted by Crippen LogP contribution is -1.96. The Hall–Kier alpha value is -0.830. The fraction of sp³-hybridized carbons (Fsp3) is 0.562. The van der Waals surface area contributed by atoms with Gasteiger partial charge in [0, 0.05) is 6.42 Å². The highest BCUT2D eigenvalue weighted by atomic mass is 79.9. The van der Waals surface area contributed by atoms with Crippen LogP contribution in [0.3, 0.4) is 0 Å². The average molecular weight is 324 g/mol. The van der Waals surface area contributed by atoms with E-state index in [0.29, 0.717) is 0 Å². The standard InChI is InChI=1S/C16H22BrNO/c1-4-7-9-11-10-13-16(19-14(6-3)18-13)15(17)12(11)8-5-2/h10H,4-9H2,1-3H3. The van der Waals surface area contributed by atoms with Crippen LogP contribution in [-0.4, -0.2) is 4.98 Å². The smallest absolute Gasteiger partial charge is 0.195 e. The second kappa shape index (κ2) is 6.56. The molecule has 0 unspecified atom stereocenters. The number of halogens is 1. The lowest BCUT2D eigenvalue weighted by molar-refractivity contribution is 0.536. The van der Waals surface area contributed by atoms with E-state index in [2.05, 4.69) is 47.8 Å². The van der Waals surface area contributed by atoms with E-state index >= 15 is 0 Å². The Bertz CT molecular complexity index is 559. The normalized spacial score (nSPS) is 11.4. The first-order valence-electron chi connectivity index (χ1n) is 7.30. The molecule has 104 valence electrons. The van der Waals surface area contributed by atoms with E-state index in [1.807, 2.05) is 0 Å². The van der Waals surface area contributed by atoms with Crippen molar-refractivity contribution in [1.29, 1.82) is 0 Å². The molecule has 2 rings (SSSR count). The Morgan fingerprint density at radius 2 is 1.95 bits per heavy atom. The zero-order valence-electron chi connectivity index (χ0n) is 12.1. The molecule has 0 fully saturated rings. The molecule has 1 heterocycles. The molecule has 3 heteroatoms. The predicted molar refractivity (Wildman–Crippen MR) is 83.7 cm³/mol. The number of fused-ring (bicyclic) bond motifs is 1. The van der Waals surface area contributed by atoms with Crippen molar-refractivity contribution in [2.75, 3.05) is 0 Å². The van der Waals surface area contributed by atoms with E-state index in [4.69, 9.17) is 4.42 Å². The monoisotopic (exact) mass is 323 g/mol. The lowest BCUT2D eigenvalue weighted by atomic mass is 9.98. The summed E-state index contributed by atoms with van der Waals surface area (Å²) in [6, 6.07) is 2.23. The van der Waals surface area contributed by atoms with Crippen molar-refractivity contribution in [3.8, 4) is 0 Å². The van der Waals surface area contributed by atoms with E-state index in [9.17, 15) is 0 Å². The van der Waals surface area contributed by atoms with Crippen LogP contribution in [0.25, 0.3) is 11.1 Å². The summed E-state index contributed by atoms with van der Waals surface area (Å²) in [5, 5.41) is 0. The minimum Gasteiger partial charge on any atom is -0.440 e. The van der Waals surface area contributed by atoms with Crippen molar-refractivity contribution in [3.05, 3.63) is 27.6 Å². The summed E-state index contributed by atoms with van der Waals surface area (Å²) in [6.07, 6.45) is 6.67. The number of hydrogen-bond acceptors (Lipinski definition) is 2. The van der Waals surface area contributed by atoms with Gasteiger partial charge in [-0.15, -0.1) is 0 Å². The van der Waals surface area contributed by atoms with Gasteiger partial charge < -0.3 is 4.42 Å². The van der Waals surface area contributed by atoms with Crippen LogP contribution in [0.4, 0.5) is 0 Å². The molecule has 2 nitrogen and oxygen atoms in total. The van der Waals surface area contributed by atoms with Crippen LogP contribution in [0, 0.1) is 0 Å². The molecule has 0 spiro atoms. The fourth-order valence-electron chi connectivity index (χ4n) is 2.43. The summed E-state index contributed by atoms with van der Waals surface area (Å²) < 4.78 is 6.95. The van der Waals surface area contributed by atoms with Gasteiger partial charge in [0.05, 0.1) is 4.47 Å². The van der Waals surface area contributed by atoms with Crippen LogP contribution in [0.5, 0.6) is 0 Å². The van der Waals surface area contributed by atoms with Crippen molar-refractivity contribution >= 4 is 27.0 Å². The Morgan fingerprint density at radius 1 is 1.16 bits per heavy atom. The van der Waals surface area contributed by atoms with Crippen molar-refractivity contribution in [1.82, 2.24) is 4.98 Å². The highest BCUT2D eigenvalue weighted by molar-refractivity contribution is 9.10. The van der Waals surface area contributed by atoms with Crippen LogP contribution in [0.2, 0.25) is 0 Å². The molecule has 0 amide bonds. The van der Waals surface area contributed by atoms with Crippen molar-refractivity contribution in [3.63, 3.8) is 0 Å². The molecule has 0 aliphatic carbocycles. The third kappa shape index (κ3) is 3.02. The van der Waals surface area contributed by atoms with E-state index in [-0.39, 0.29) is 0 Å². The van der Waals surface area contributed by atoms with Gasteiger partial charge in [0.15, 0.2) is 11.5 Å². The molecule has 0 saturated carbocycles. The summed E-state index contributed by atoms with van der Waals surface area (Å²) >= 11 is 3.73. The molecular weight excluding hydrogens is 302 g/mol. The molecule has 0 bridgehead atoms. The number of rotatable bonds is 6. The number of benzene rings is 1. The molecule has 1 aromatic heterocycles. The maximum absolute atomic E-state index is 5.84. The van der Waals surface area contributed by atoms with Crippen LogP contribution in [0.1, 0.15) is 57.1 Å². The van der Waals surface area contributed by atoms with Crippen molar-refractivity contribution < 1.29 is 4.42 Å². The van der Waals surface area contributed by atoms with Crippen LogP contribution >= 0.6 is 15.9 Å². The van der Waals surface area contributed by atoms with Gasteiger partial charge in [-0.2, -0.15) is 0 Å². The summed E-state index contributed by atoms with van der Waals surface area (Å²) in [5.41, 5.74) is 4.75. The number of unbranched alkanes of at least 4 members (excludes halogenated alkanes) is 1. The molecule has 1 aromatic carbocycles. The number of oxazole rings is 1. The second-order valence-corrected chi connectivity index (χ2v) is 5.78. The third-order valence-corrected chi connectivity index (χ3v) is 4.30. The minimum atomic E-state index is 0.825. The summed E-state index contributed by atoms with van der Waals surface area (Å²) in [5.74, 6) is 0.825. The molecule has 0 atom stereocenters. The van der Waals surface area contributed by atoms with Crippen LogP contribution in [0.15, 0.2) is 15.0 Å². The average Bonchev–Trinajstić information content (AvgIpc) is 2.83. The van der Waals surface area contributed by atoms with E-state index in [0.717, 1.165) is 47.1 Å². The SMILES string of the molecule is CCCCc1cc2nc(CC)oc2c(Br)c1CCC. The molecule has 19 heavy (non-hydrogen) atoms. The summed E-state index contributed by atoms with van der Waals surface area (Å²) in [6.45, 7) is 6.53. The molecule has 0 radical (unpaired) electrons. The van der Waals surface area contributed by atoms with Gasteiger partial charge in [-0.25, -0.2) is 4.98 Å². The first-order chi connectivity index (χ1) is 9.21. The fourth-order valence-corrected chi connectivity index (χ4v) is 3.16. The first-order valence-corrected chi connectivity index (χ1v) is 8.10. The Morgan fingerprint density at radius 3 is 2.58 bits per heavy atom. The molecule has 0 saturated heterocycles. The molecular formula is C16H22BrNO. The number of hydrogen-bond donors (Lipinski definition) is 0. The topological polar surface area (TPSA) is 26.0 Å². The number of aromatic nitrogens is 1. The lowest BCUT2D eigenvalue weighted by Gasteiger charge is -2.11. The van der Waals surface area contributed by atoms with Gasteiger partial charge in [0.25, 0.3) is 0 Å². The zero-order chi connectivity index (χ0) is 13.8. The van der Waals surface area contributed by atoms with Gasteiger partial charge in [-0.3, -0.25) is 0 Å². The van der Waals surface area contributed by atoms with Crippen LogP contribution in [-0.2, 0) is 19.3 Å². The Balaban J connectivity index is 2.53. The number of nitrogens with zero attached hydrogens (tertiary/aromatic N) is 1. The summed E-state index contributed by atoms with van der Waals surface area (Å²) in [7, 11) is 0. The maximum Gasteiger partial charge on any atom is 0.195 e. The molecule has 0 aliphatic rings. The van der Waals surface area contributed by atoms with Gasteiger partial charge >= 0.3 is 0 Å². The van der Waals surface area contributed by atoms with Gasteiger partial charge in [0.2, 0.25) is 0 Å². The minimum absolute atomic E-state index is 0.825. The van der Waals surface area contributed by atoms with E-state index in [1.165, 1.54) is 24.0 Å². The van der Waals surface area contributed by atoms with Gasteiger partial charge in [-0.1, -0.05) is 33.6 Å². The molecule has 0 aliphatic heterocycles. The van der Waals surface area contributed by atoms with E-state index < -0.39 is 0 Å². The van der Waals surface area contributed by atoms with Crippen molar-refractivity contribution in [2.45, 2.75) is 59.3 Å². The Labute approximate surface area is 123 Å². The second-order valence-electron chi connectivity index (χ2n) is 4.99. The first kappa shape index (κ1) is 14.6. The zero-order valence-corrected chi connectivity index (χ0v) is 13.6. The summed E-state index contributed by atoms with van der Waals surface area (Å²) in [4.78, 5) is 4.57. The largest absolute Gasteiger partial charge is 0.440 e. The third-order valence-electron chi connectivity index (χ3n) is 3.46. The van der Waals surface area contributed by atoms with Gasteiger partial charge in [-0.05, 0) is 52.4 Å². The van der Waals surface area contributed by atoms with Gasteiger partial charge in [0.1, 0.15) is 5.52 Å². The predicted octanol–water partition coefficient (Wildman–Crippen LogP) is 5.45.